The van der Waals surface area contributed by atoms with Crippen molar-refractivity contribution in [3.05, 3.63) is 38.5 Å². The molecule has 3 atom stereocenters. The molecule has 2 aromatic heterocycles. The molecule has 1 saturated carbocycles. The summed E-state index contributed by atoms with van der Waals surface area (Å²) in [4.78, 5) is 9.77. The van der Waals surface area contributed by atoms with Gasteiger partial charge in [0.25, 0.3) is 0 Å². The maximum Gasteiger partial charge on any atom is 0.118 e. The van der Waals surface area contributed by atoms with E-state index in [-0.39, 0.29) is 0 Å². The number of thiazole rings is 1. The molecule has 0 unspecified atom stereocenters. The third-order valence-corrected chi connectivity index (χ3v) is 6.77. The van der Waals surface area contributed by atoms with Gasteiger partial charge in [-0.2, -0.15) is 0 Å². The highest BCUT2D eigenvalue weighted by molar-refractivity contribution is 7.11. The summed E-state index contributed by atoms with van der Waals surface area (Å²) in [6.45, 7) is 6.55. The van der Waals surface area contributed by atoms with Crippen molar-refractivity contribution in [1.82, 2.24) is 9.88 Å². The molecule has 0 amide bonds. The van der Waals surface area contributed by atoms with E-state index < -0.39 is 0 Å². The Balaban J connectivity index is 1.32. The van der Waals surface area contributed by atoms with E-state index in [1.165, 1.54) is 22.6 Å². The summed E-state index contributed by atoms with van der Waals surface area (Å²) in [6.07, 6.45) is 4.59. The number of ether oxygens (including phenoxy) is 2. The number of hydrogen-bond acceptors (Lipinski definition) is 6. The van der Waals surface area contributed by atoms with Crippen molar-refractivity contribution in [2.45, 2.75) is 45.1 Å². The van der Waals surface area contributed by atoms with Crippen LogP contribution < -0.4 is 0 Å². The highest BCUT2D eigenvalue weighted by Gasteiger charge is 2.42. The van der Waals surface area contributed by atoms with Gasteiger partial charge in [-0.05, 0) is 31.9 Å². The van der Waals surface area contributed by atoms with E-state index in [4.69, 9.17) is 9.47 Å². The summed E-state index contributed by atoms with van der Waals surface area (Å²) in [7, 11) is 0. The van der Waals surface area contributed by atoms with Crippen molar-refractivity contribution in [1.29, 1.82) is 0 Å². The number of rotatable bonds is 6. The lowest BCUT2D eigenvalue weighted by molar-refractivity contribution is -0.0889. The molecule has 0 radical (unpaired) electrons. The van der Waals surface area contributed by atoms with Gasteiger partial charge in [0.1, 0.15) is 5.01 Å². The predicted octanol–water partition coefficient (Wildman–Crippen LogP) is 3.71. The first kappa shape index (κ1) is 16.7. The largest absolute Gasteiger partial charge is 0.375 e. The van der Waals surface area contributed by atoms with Crippen molar-refractivity contribution in [2.24, 2.45) is 5.92 Å². The van der Waals surface area contributed by atoms with Crippen LogP contribution in [-0.2, 0) is 22.6 Å². The van der Waals surface area contributed by atoms with Crippen molar-refractivity contribution >= 4 is 22.7 Å². The van der Waals surface area contributed by atoms with Crippen molar-refractivity contribution in [3.8, 4) is 0 Å². The Hall–Kier alpha value is -0.790. The molecule has 1 saturated heterocycles. The topological polar surface area (TPSA) is 34.6 Å². The highest BCUT2D eigenvalue weighted by atomic mass is 32.1. The normalized spacial score (nSPS) is 27.5. The molecule has 130 valence electrons. The Morgan fingerprint density at radius 1 is 1.38 bits per heavy atom. The minimum Gasteiger partial charge on any atom is -0.375 e. The molecule has 4 nitrogen and oxygen atoms in total. The van der Waals surface area contributed by atoms with Crippen molar-refractivity contribution in [3.63, 3.8) is 0 Å². The highest BCUT2D eigenvalue weighted by Crippen LogP contribution is 2.36. The second-order valence-corrected chi connectivity index (χ2v) is 9.02. The Morgan fingerprint density at radius 3 is 3.12 bits per heavy atom. The van der Waals surface area contributed by atoms with Gasteiger partial charge in [0.15, 0.2) is 0 Å². The van der Waals surface area contributed by atoms with Gasteiger partial charge >= 0.3 is 0 Å². The Labute approximate surface area is 151 Å². The summed E-state index contributed by atoms with van der Waals surface area (Å²) >= 11 is 3.57. The lowest BCUT2D eigenvalue weighted by Crippen LogP contribution is -2.50. The lowest BCUT2D eigenvalue weighted by atomic mass is 10.0. The smallest absolute Gasteiger partial charge is 0.118 e. The molecule has 0 aromatic carbocycles. The molecule has 24 heavy (non-hydrogen) atoms. The monoisotopic (exact) mass is 364 g/mol. The van der Waals surface area contributed by atoms with Crippen LogP contribution in [0.25, 0.3) is 0 Å². The number of nitrogens with zero attached hydrogens (tertiary/aromatic N) is 2. The van der Waals surface area contributed by atoms with E-state index in [1.54, 1.807) is 11.3 Å². The number of morpholine rings is 1. The number of aromatic nitrogens is 1. The van der Waals surface area contributed by atoms with Gasteiger partial charge in [-0.1, -0.05) is 0 Å². The average Bonchev–Trinajstić information content (AvgIpc) is 3.30. The van der Waals surface area contributed by atoms with Crippen LogP contribution in [0, 0.1) is 12.8 Å². The Morgan fingerprint density at radius 2 is 2.33 bits per heavy atom. The third-order valence-electron chi connectivity index (χ3n) is 5.03. The molecule has 4 rings (SSSR count). The lowest BCUT2D eigenvalue weighted by Gasteiger charge is -2.39. The number of thiophene rings is 1. The van der Waals surface area contributed by atoms with Gasteiger partial charge < -0.3 is 9.47 Å². The van der Waals surface area contributed by atoms with Crippen LogP contribution >= 0.6 is 22.7 Å². The molecular formula is C18H24N2O2S2. The number of aryl methyl sites for hydroxylation is 1. The number of fused-ring (bicyclic) bond motifs is 1. The first-order valence-corrected chi connectivity index (χ1v) is 10.4. The summed E-state index contributed by atoms with van der Waals surface area (Å²) in [5, 5.41) is 3.06. The van der Waals surface area contributed by atoms with Crippen LogP contribution in [0.2, 0.25) is 0 Å². The fraction of sp³-hybridized carbons (Fsp3) is 0.611. The van der Waals surface area contributed by atoms with Gasteiger partial charge in [-0.3, -0.25) is 4.90 Å². The Bertz CT molecular complexity index is 643. The first-order chi connectivity index (χ1) is 11.8. The zero-order valence-electron chi connectivity index (χ0n) is 14.0. The molecule has 1 aliphatic heterocycles. The van der Waals surface area contributed by atoms with E-state index in [0.29, 0.717) is 24.7 Å². The first-order valence-electron chi connectivity index (χ1n) is 8.66. The number of hydrogen-bond donors (Lipinski definition) is 0. The molecule has 3 heterocycles. The second kappa shape index (κ2) is 7.62. The van der Waals surface area contributed by atoms with E-state index >= 15 is 0 Å². The van der Waals surface area contributed by atoms with E-state index in [2.05, 4.69) is 28.9 Å². The molecule has 2 aromatic rings. The quantitative estimate of drug-likeness (QED) is 0.783. The zero-order valence-corrected chi connectivity index (χ0v) is 15.7. The molecule has 2 aliphatic rings. The fourth-order valence-corrected chi connectivity index (χ4v) is 5.37. The summed E-state index contributed by atoms with van der Waals surface area (Å²) in [5.41, 5.74) is 0. The molecule has 0 spiro atoms. The predicted molar refractivity (Wildman–Crippen MR) is 97.5 cm³/mol. The van der Waals surface area contributed by atoms with Crippen molar-refractivity contribution in [2.75, 3.05) is 19.8 Å². The van der Waals surface area contributed by atoms with Crippen LogP contribution in [0.4, 0.5) is 0 Å². The van der Waals surface area contributed by atoms with Gasteiger partial charge in [0.2, 0.25) is 0 Å². The summed E-state index contributed by atoms with van der Waals surface area (Å²) < 4.78 is 12.1. The maximum absolute atomic E-state index is 6.14. The summed E-state index contributed by atoms with van der Waals surface area (Å²) in [6, 6.07) is 5.05. The summed E-state index contributed by atoms with van der Waals surface area (Å²) in [5.74, 6) is 0.517. The van der Waals surface area contributed by atoms with Gasteiger partial charge in [-0.25, -0.2) is 4.98 Å². The van der Waals surface area contributed by atoms with Crippen molar-refractivity contribution < 1.29 is 9.47 Å². The molecule has 0 N–H and O–H groups in total. The molecule has 0 bridgehead atoms. The zero-order chi connectivity index (χ0) is 16.4. The molecular weight excluding hydrogens is 340 g/mol. The average molecular weight is 365 g/mol. The molecule has 2 fully saturated rings. The van der Waals surface area contributed by atoms with Crippen LogP contribution in [0.3, 0.4) is 0 Å². The van der Waals surface area contributed by atoms with E-state index in [0.717, 1.165) is 31.3 Å². The minimum atomic E-state index is 0.330. The van der Waals surface area contributed by atoms with Gasteiger partial charge in [0.05, 0.1) is 25.9 Å². The van der Waals surface area contributed by atoms with Gasteiger partial charge in [0, 0.05) is 46.4 Å². The van der Waals surface area contributed by atoms with Crippen LogP contribution in [0.1, 0.15) is 27.6 Å². The SMILES string of the molecule is Cc1ccc(CN2CCO[C@@H]3[C@H](COCc4nccs4)CC[C@@H]32)s1. The fourth-order valence-electron chi connectivity index (χ4n) is 3.90. The van der Waals surface area contributed by atoms with E-state index in [1.807, 2.05) is 22.9 Å². The second-order valence-electron chi connectivity index (χ2n) is 6.66. The third kappa shape index (κ3) is 3.73. The molecule has 1 aliphatic carbocycles. The van der Waals surface area contributed by atoms with Gasteiger partial charge in [-0.15, -0.1) is 22.7 Å². The maximum atomic E-state index is 6.14. The molecule has 6 heteroatoms. The van der Waals surface area contributed by atoms with Crippen LogP contribution in [0.5, 0.6) is 0 Å². The van der Waals surface area contributed by atoms with Crippen LogP contribution in [-0.4, -0.2) is 41.8 Å². The van der Waals surface area contributed by atoms with E-state index in [9.17, 15) is 0 Å². The Kier molecular flexibility index (Phi) is 5.29. The minimum absolute atomic E-state index is 0.330. The van der Waals surface area contributed by atoms with Crippen LogP contribution in [0.15, 0.2) is 23.7 Å². The standard InChI is InChI=1S/C18H24N2O2S2/c1-13-2-4-15(24-13)10-20-7-8-22-18-14(3-5-16(18)20)11-21-12-17-19-6-9-23-17/h2,4,6,9,14,16,18H,3,5,7-8,10-12H2,1H3/t14-,16-,18+/m0/s1.